The first kappa shape index (κ1) is 25.2. The molecule has 20 heteroatoms. The average Bonchev–Trinajstić information content (AvgIpc) is 3.27. The Morgan fingerprint density at radius 2 is 1.94 bits per heavy atom. The number of anilines is 1. The summed E-state index contributed by atoms with van der Waals surface area (Å²) in [5, 5.41) is 2.55. The molecule has 2 saturated heterocycles. The third-order valence-electron chi connectivity index (χ3n) is 4.43. The molecule has 2 aromatic heterocycles. The Kier molecular flexibility index (Phi) is 7.14. The molecule has 3 N–H and O–H groups in total. The van der Waals surface area contributed by atoms with E-state index in [0.29, 0.717) is 11.2 Å². The molecule has 17 nitrogen and oxygen atoms in total. The summed E-state index contributed by atoms with van der Waals surface area (Å²) in [7, 11) is -12.5. The molecule has 1 amide bonds. The maximum absolute atomic E-state index is 11.8. The van der Waals surface area contributed by atoms with Crippen molar-refractivity contribution < 1.29 is 55.4 Å². The van der Waals surface area contributed by atoms with Crippen molar-refractivity contribution in [2.24, 2.45) is 0 Å². The first-order chi connectivity index (χ1) is 15.9. The van der Waals surface area contributed by atoms with E-state index in [4.69, 9.17) is 14.0 Å². The molecule has 0 saturated carbocycles. The second kappa shape index (κ2) is 9.63. The number of nitrogens with one attached hydrogen (secondary N) is 1. The number of rotatable bonds is 6. The molecule has 0 aromatic carbocycles. The highest BCUT2D eigenvalue weighted by Gasteiger charge is 2.49. The van der Waals surface area contributed by atoms with Gasteiger partial charge in [0.15, 0.2) is 23.1 Å². The molecule has 0 bridgehead atoms. The van der Waals surface area contributed by atoms with E-state index in [9.17, 15) is 28.5 Å². The molecule has 0 radical (unpaired) electrons. The molecule has 34 heavy (non-hydrogen) atoms. The zero-order valence-electron chi connectivity index (χ0n) is 17.4. The zero-order valence-corrected chi connectivity index (χ0v) is 20.1. The van der Waals surface area contributed by atoms with Gasteiger partial charge < -0.3 is 33.7 Å². The van der Waals surface area contributed by atoms with Crippen LogP contribution in [-0.4, -0.2) is 66.6 Å². The summed E-state index contributed by atoms with van der Waals surface area (Å²) in [6.45, 7) is 2.11. The van der Waals surface area contributed by atoms with Crippen LogP contribution in [0.2, 0.25) is 0 Å². The SMILES string of the molecule is CC(=O)Nc1ncnc2c1ncn2[C@H]1CO[C@@H](COP2OP(=O)(O)OP(=O)(O)O2)[C@@H]1OC(C)=O. The minimum absolute atomic E-state index is 0.0106. The lowest BCUT2D eigenvalue weighted by atomic mass is 10.1. The van der Waals surface area contributed by atoms with E-state index >= 15 is 0 Å². The Morgan fingerprint density at radius 1 is 1.24 bits per heavy atom. The van der Waals surface area contributed by atoms with Gasteiger partial charge in [-0.25, -0.2) is 32.7 Å². The molecule has 5 atom stereocenters. The van der Waals surface area contributed by atoms with Crippen LogP contribution >= 0.6 is 24.2 Å². The predicted molar refractivity (Wildman–Crippen MR) is 110 cm³/mol. The molecule has 2 aliphatic rings. The highest BCUT2D eigenvalue weighted by atomic mass is 31.3. The standard InChI is InChI=1S/C14H18N5O12P3/c1-7(20)18-13-11-14(16-5-15-13)19(6-17-11)9-3-26-10(12(9)28-8(2)21)4-27-32-29-33(22,23)31-34(24,25)30-32/h5-6,9-10,12H,3-4H2,1-2H3,(H,22,23)(H,24,25)(H,15,16,18,20)/t9-,10-,12+/m0/s1. The monoisotopic (exact) mass is 541 g/mol. The first-order valence-corrected chi connectivity index (χ1v) is 13.5. The van der Waals surface area contributed by atoms with Gasteiger partial charge in [-0.1, -0.05) is 0 Å². The summed E-state index contributed by atoms with van der Waals surface area (Å²) >= 11 is 0. The maximum atomic E-state index is 11.8. The number of esters is 1. The average molecular weight is 541 g/mol. The first-order valence-electron chi connectivity index (χ1n) is 9.37. The summed E-state index contributed by atoms with van der Waals surface area (Å²) in [6.07, 6.45) is 0.756. The van der Waals surface area contributed by atoms with Gasteiger partial charge in [0, 0.05) is 13.8 Å². The number of fused-ring (bicyclic) bond motifs is 1. The van der Waals surface area contributed by atoms with Gasteiger partial charge in [-0.3, -0.25) is 9.59 Å². The van der Waals surface area contributed by atoms with Crippen LogP contribution in [0.3, 0.4) is 0 Å². The van der Waals surface area contributed by atoms with E-state index in [1.807, 2.05) is 0 Å². The highest BCUT2D eigenvalue weighted by Crippen LogP contribution is 2.76. The van der Waals surface area contributed by atoms with Crippen LogP contribution in [0.15, 0.2) is 12.7 Å². The molecule has 2 fully saturated rings. The second-order valence-corrected chi connectivity index (χ2v) is 11.5. The minimum atomic E-state index is -4.87. The van der Waals surface area contributed by atoms with E-state index in [-0.39, 0.29) is 18.3 Å². The Hall–Kier alpha value is -1.90. The topological polar surface area (TPSA) is 220 Å². The maximum Gasteiger partial charge on any atom is 0.488 e. The fraction of sp³-hybridized carbons (Fsp3) is 0.500. The van der Waals surface area contributed by atoms with Crippen molar-refractivity contribution in [3.63, 3.8) is 0 Å². The van der Waals surface area contributed by atoms with E-state index in [1.54, 1.807) is 4.57 Å². The Balaban J connectivity index is 1.54. The number of imidazole rings is 1. The van der Waals surface area contributed by atoms with Crippen LogP contribution in [0.1, 0.15) is 19.9 Å². The molecule has 0 aliphatic carbocycles. The van der Waals surface area contributed by atoms with Gasteiger partial charge in [0.1, 0.15) is 12.4 Å². The summed E-state index contributed by atoms with van der Waals surface area (Å²) in [5.74, 6) is -0.793. The fourth-order valence-corrected chi connectivity index (χ4v) is 7.46. The summed E-state index contributed by atoms with van der Waals surface area (Å²) in [4.78, 5) is 54.3. The van der Waals surface area contributed by atoms with Crippen molar-refractivity contribution in [1.82, 2.24) is 19.5 Å². The van der Waals surface area contributed by atoms with E-state index < -0.39 is 55.1 Å². The number of hydrogen-bond donors (Lipinski definition) is 3. The van der Waals surface area contributed by atoms with Crippen molar-refractivity contribution in [2.75, 3.05) is 18.5 Å². The van der Waals surface area contributed by atoms with Crippen molar-refractivity contribution in [2.45, 2.75) is 32.1 Å². The third-order valence-corrected chi connectivity index (χ3v) is 9.16. The molecule has 2 aromatic rings. The van der Waals surface area contributed by atoms with Crippen molar-refractivity contribution >= 4 is 53.1 Å². The largest absolute Gasteiger partial charge is 0.488 e. The smallest absolute Gasteiger partial charge is 0.457 e. The number of phosphoric acid groups is 2. The van der Waals surface area contributed by atoms with Gasteiger partial charge in [0.2, 0.25) is 5.91 Å². The fourth-order valence-electron chi connectivity index (χ4n) is 3.27. The van der Waals surface area contributed by atoms with Crippen LogP contribution < -0.4 is 5.32 Å². The molecule has 2 unspecified atom stereocenters. The van der Waals surface area contributed by atoms with Crippen LogP contribution in [0.5, 0.6) is 0 Å². The molecule has 0 spiro atoms. The van der Waals surface area contributed by atoms with Crippen LogP contribution in [0.25, 0.3) is 11.2 Å². The number of carbonyl (C=O) groups is 2. The molecule has 4 heterocycles. The molecule has 4 rings (SSSR count). The normalized spacial score (nSPS) is 33.6. The van der Waals surface area contributed by atoms with Crippen molar-refractivity contribution in [1.29, 1.82) is 0 Å². The van der Waals surface area contributed by atoms with Crippen LogP contribution in [-0.2, 0) is 45.6 Å². The van der Waals surface area contributed by atoms with E-state index in [0.717, 1.165) is 0 Å². The summed E-state index contributed by atoms with van der Waals surface area (Å²) < 4.78 is 54.1. The number of nitrogens with zero attached hydrogens (tertiary/aromatic N) is 4. The van der Waals surface area contributed by atoms with E-state index in [1.165, 1.54) is 26.5 Å². The van der Waals surface area contributed by atoms with Crippen LogP contribution in [0, 0.1) is 0 Å². The number of hydrogen-bond acceptors (Lipinski definition) is 13. The van der Waals surface area contributed by atoms with Gasteiger partial charge in [-0.2, -0.15) is 4.31 Å². The molecular formula is C14H18N5O12P3. The molecular weight excluding hydrogens is 523 g/mol. The Morgan fingerprint density at radius 3 is 2.59 bits per heavy atom. The van der Waals surface area contributed by atoms with Crippen molar-refractivity contribution in [3.8, 4) is 0 Å². The lowest BCUT2D eigenvalue weighted by Crippen LogP contribution is -2.35. The number of amides is 1. The van der Waals surface area contributed by atoms with Crippen molar-refractivity contribution in [3.05, 3.63) is 12.7 Å². The van der Waals surface area contributed by atoms with Gasteiger partial charge in [0.05, 0.1) is 25.6 Å². The number of ether oxygens (including phenoxy) is 2. The summed E-state index contributed by atoms with van der Waals surface area (Å²) in [6, 6.07) is -0.639. The Bertz CT molecular complexity index is 1180. The van der Waals surface area contributed by atoms with Gasteiger partial charge in [-0.15, -0.1) is 0 Å². The molecule has 186 valence electrons. The second-order valence-electron chi connectivity index (χ2n) is 6.94. The third kappa shape index (κ3) is 5.66. The lowest BCUT2D eigenvalue weighted by molar-refractivity contribution is -0.151. The Labute approximate surface area is 191 Å². The number of carbonyl (C=O) groups excluding carboxylic acids is 2. The molecule has 2 aliphatic heterocycles. The van der Waals surface area contributed by atoms with Gasteiger partial charge >= 0.3 is 30.2 Å². The quantitative estimate of drug-likeness (QED) is 0.345. The van der Waals surface area contributed by atoms with Gasteiger partial charge in [-0.05, 0) is 0 Å². The predicted octanol–water partition coefficient (Wildman–Crippen LogP) is 1.16. The zero-order chi connectivity index (χ0) is 24.7. The van der Waals surface area contributed by atoms with E-state index in [2.05, 4.69) is 33.2 Å². The van der Waals surface area contributed by atoms with Gasteiger partial charge in [0.25, 0.3) is 0 Å². The summed E-state index contributed by atoms with van der Waals surface area (Å²) in [5.41, 5.74) is 0.623. The highest BCUT2D eigenvalue weighted by molar-refractivity contribution is 7.72. The number of aromatic nitrogens is 4. The lowest BCUT2D eigenvalue weighted by Gasteiger charge is -2.28. The van der Waals surface area contributed by atoms with Crippen LogP contribution in [0.4, 0.5) is 5.82 Å². The minimum Gasteiger partial charge on any atom is -0.457 e.